The molecule has 0 saturated carbocycles. The molecule has 6 heteroatoms. The molecule has 0 unspecified atom stereocenters. The minimum absolute atomic E-state index is 0.0405. The molecule has 42 heavy (non-hydrogen) atoms. The van der Waals surface area contributed by atoms with Crippen LogP contribution in [0.1, 0.15) is 114 Å². The number of hydrogen-bond donors (Lipinski definition) is 3. The zero-order valence-electron chi connectivity index (χ0n) is 27.0. The van der Waals surface area contributed by atoms with Gasteiger partial charge in [0.1, 0.15) is 5.75 Å². The summed E-state index contributed by atoms with van der Waals surface area (Å²) in [4.78, 5) is 24.6. The van der Waals surface area contributed by atoms with Gasteiger partial charge in [0.25, 0.3) is 5.91 Å². The van der Waals surface area contributed by atoms with Crippen molar-refractivity contribution in [3.63, 3.8) is 0 Å². The number of nitrogens with zero attached hydrogens (tertiary/aromatic N) is 1. The molecule has 2 aromatic heterocycles. The molecule has 4 atom stereocenters. The van der Waals surface area contributed by atoms with E-state index in [4.69, 9.17) is 4.74 Å². The molecule has 3 aliphatic heterocycles. The number of hydrogen-bond acceptors (Lipinski definition) is 3. The van der Waals surface area contributed by atoms with E-state index < -0.39 is 0 Å². The molecule has 8 bridgehead atoms. The van der Waals surface area contributed by atoms with Crippen molar-refractivity contribution in [2.45, 2.75) is 127 Å². The molecule has 1 aromatic carbocycles. The van der Waals surface area contributed by atoms with Gasteiger partial charge in [-0.3, -0.25) is 4.79 Å². The zero-order chi connectivity index (χ0) is 30.2. The van der Waals surface area contributed by atoms with Crippen LogP contribution < -0.4 is 10.1 Å². The van der Waals surface area contributed by atoms with Crippen LogP contribution in [0.15, 0.2) is 48.5 Å². The van der Waals surface area contributed by atoms with E-state index in [9.17, 15) is 4.79 Å². The standard InChI is InChI=1S/C36H50N4O2/c1-33(2)24-14-15-25(37-24)34(3,4)27-17-19-29(39-27)36(7,8)31-21-20-30(35(5,6)28-18-16-26(33)38-28)40(31)32(41)22-10-12-23(42-9)13-11-22/h10-13,16-19,24-25,30-31,37-39H,14-15,20-21H2,1-9H3/t24-,25+,30+,31-. The Morgan fingerprint density at radius 1 is 0.643 bits per heavy atom. The minimum Gasteiger partial charge on any atom is -0.497 e. The lowest BCUT2D eigenvalue weighted by Crippen LogP contribution is -2.54. The maximum absolute atomic E-state index is 14.6. The van der Waals surface area contributed by atoms with Crippen LogP contribution in [0.2, 0.25) is 0 Å². The third-order valence-corrected chi connectivity index (χ3v) is 11.7. The summed E-state index contributed by atoms with van der Waals surface area (Å²) in [7, 11) is 1.66. The lowest BCUT2D eigenvalue weighted by atomic mass is 9.79. The normalized spacial score (nSPS) is 28.9. The molecule has 6 rings (SSSR count). The maximum atomic E-state index is 14.6. The number of rotatable bonds is 2. The van der Waals surface area contributed by atoms with E-state index in [1.54, 1.807) is 7.11 Å². The highest BCUT2D eigenvalue weighted by Crippen LogP contribution is 2.47. The second-order valence-corrected chi connectivity index (χ2v) is 15.4. The fourth-order valence-corrected chi connectivity index (χ4v) is 8.30. The number of carbonyl (C=O) groups is 1. The number of fused-ring (bicyclic) bond motifs is 8. The molecule has 3 N–H and O–H groups in total. The van der Waals surface area contributed by atoms with Gasteiger partial charge in [-0.05, 0) is 74.2 Å². The first-order chi connectivity index (χ1) is 19.7. The lowest BCUT2D eigenvalue weighted by Gasteiger charge is -2.44. The van der Waals surface area contributed by atoms with Gasteiger partial charge in [0.05, 0.1) is 7.11 Å². The van der Waals surface area contributed by atoms with Crippen LogP contribution in [0.4, 0.5) is 0 Å². The highest BCUT2D eigenvalue weighted by molar-refractivity contribution is 5.95. The quantitative estimate of drug-likeness (QED) is 0.312. The van der Waals surface area contributed by atoms with Gasteiger partial charge in [-0.25, -0.2) is 0 Å². The van der Waals surface area contributed by atoms with Crippen LogP contribution >= 0.6 is 0 Å². The largest absolute Gasteiger partial charge is 0.497 e. The lowest BCUT2D eigenvalue weighted by molar-refractivity contribution is 0.0505. The zero-order valence-corrected chi connectivity index (χ0v) is 27.0. The van der Waals surface area contributed by atoms with Gasteiger partial charge in [-0.1, -0.05) is 55.4 Å². The monoisotopic (exact) mass is 570 g/mol. The number of ether oxygens (including phenoxy) is 1. The van der Waals surface area contributed by atoms with Crippen LogP contribution in [0.5, 0.6) is 5.75 Å². The molecule has 3 aromatic rings. The number of nitrogens with one attached hydrogen (secondary N) is 3. The maximum Gasteiger partial charge on any atom is 0.254 e. The Balaban J connectivity index is 1.51. The number of methoxy groups -OCH3 is 1. The van der Waals surface area contributed by atoms with Crippen LogP contribution in [-0.4, -0.2) is 52.1 Å². The summed E-state index contributed by atoms with van der Waals surface area (Å²) >= 11 is 0. The van der Waals surface area contributed by atoms with Crippen molar-refractivity contribution >= 4 is 5.91 Å². The molecule has 0 spiro atoms. The molecule has 2 saturated heterocycles. The second-order valence-electron chi connectivity index (χ2n) is 15.4. The van der Waals surface area contributed by atoms with Crippen molar-refractivity contribution in [3.8, 4) is 5.75 Å². The van der Waals surface area contributed by atoms with Crippen molar-refractivity contribution < 1.29 is 9.53 Å². The number of aromatic amines is 2. The van der Waals surface area contributed by atoms with E-state index in [1.165, 1.54) is 22.8 Å². The number of H-pyrrole nitrogens is 2. The first-order valence-electron chi connectivity index (χ1n) is 15.8. The van der Waals surface area contributed by atoms with Crippen LogP contribution in [-0.2, 0) is 21.7 Å². The van der Waals surface area contributed by atoms with E-state index >= 15 is 0 Å². The molecule has 3 aliphatic rings. The molecule has 1 amide bonds. The summed E-state index contributed by atoms with van der Waals surface area (Å²) in [6.45, 7) is 18.7. The van der Waals surface area contributed by atoms with Gasteiger partial charge in [0, 0.05) is 74.2 Å². The Kier molecular flexibility index (Phi) is 6.77. The number of carbonyl (C=O) groups excluding carboxylic acids is 1. The molecule has 0 radical (unpaired) electrons. The fourth-order valence-electron chi connectivity index (χ4n) is 8.30. The molecule has 0 aliphatic carbocycles. The van der Waals surface area contributed by atoms with Crippen LogP contribution in [0.3, 0.4) is 0 Å². The summed E-state index contributed by atoms with van der Waals surface area (Å²) in [6, 6.07) is 17.6. The third-order valence-electron chi connectivity index (χ3n) is 11.7. The molecular formula is C36H50N4O2. The Labute approximate surface area is 252 Å². The van der Waals surface area contributed by atoms with Gasteiger partial charge >= 0.3 is 0 Å². The van der Waals surface area contributed by atoms with Crippen molar-refractivity contribution in [2.24, 2.45) is 0 Å². The SMILES string of the molecule is COc1ccc(C(=O)N2[C@H]3CC[C@@H]2C(C)(C)c2ccc([nH]2)C(C)(C)[C@@H]2CC[C@@H](N2)C(C)(C)c2ccc([nH]2)C3(C)C)cc1. The molecule has 226 valence electrons. The van der Waals surface area contributed by atoms with E-state index in [2.05, 4.69) is 99.8 Å². The predicted octanol–water partition coefficient (Wildman–Crippen LogP) is 6.97. The van der Waals surface area contributed by atoms with Crippen LogP contribution in [0.25, 0.3) is 0 Å². The van der Waals surface area contributed by atoms with Crippen molar-refractivity contribution in [1.29, 1.82) is 0 Å². The Bertz CT molecular complexity index is 1380. The topological polar surface area (TPSA) is 73.2 Å². The molecule has 6 nitrogen and oxygen atoms in total. The highest BCUT2D eigenvalue weighted by Gasteiger charge is 2.52. The van der Waals surface area contributed by atoms with Gasteiger partial charge in [-0.2, -0.15) is 0 Å². The number of aromatic nitrogens is 2. The van der Waals surface area contributed by atoms with Gasteiger partial charge in [0.2, 0.25) is 0 Å². The minimum atomic E-state index is -0.271. The van der Waals surface area contributed by atoms with E-state index in [1.807, 2.05) is 24.3 Å². The summed E-state index contributed by atoms with van der Waals surface area (Å²) in [6.07, 6.45) is 4.19. The van der Waals surface area contributed by atoms with Gasteiger partial charge < -0.3 is 24.9 Å². The predicted molar refractivity (Wildman–Crippen MR) is 170 cm³/mol. The Morgan fingerprint density at radius 3 is 1.45 bits per heavy atom. The van der Waals surface area contributed by atoms with E-state index in [-0.39, 0.29) is 39.7 Å². The highest BCUT2D eigenvalue weighted by atomic mass is 16.5. The summed E-state index contributed by atoms with van der Waals surface area (Å²) in [5, 5.41) is 4.07. The summed E-state index contributed by atoms with van der Waals surface area (Å²) in [5.41, 5.74) is 4.97. The van der Waals surface area contributed by atoms with Gasteiger partial charge in [0.15, 0.2) is 0 Å². The Hall–Kier alpha value is -2.99. The average Bonchev–Trinajstić information content (AvgIpc) is 3.76. The summed E-state index contributed by atoms with van der Waals surface area (Å²) in [5.74, 6) is 0.851. The fraction of sp³-hybridized carbons (Fsp3) is 0.583. The van der Waals surface area contributed by atoms with E-state index in [0.29, 0.717) is 17.6 Å². The van der Waals surface area contributed by atoms with Crippen molar-refractivity contribution in [3.05, 3.63) is 76.9 Å². The van der Waals surface area contributed by atoms with Crippen molar-refractivity contribution in [1.82, 2.24) is 20.2 Å². The molecule has 5 heterocycles. The van der Waals surface area contributed by atoms with Crippen LogP contribution in [0, 0.1) is 0 Å². The summed E-state index contributed by atoms with van der Waals surface area (Å²) < 4.78 is 5.40. The van der Waals surface area contributed by atoms with Gasteiger partial charge in [-0.15, -0.1) is 0 Å². The molecular weight excluding hydrogens is 520 g/mol. The first-order valence-corrected chi connectivity index (χ1v) is 15.8. The van der Waals surface area contributed by atoms with Crippen molar-refractivity contribution in [2.75, 3.05) is 7.11 Å². The third kappa shape index (κ3) is 4.35. The smallest absolute Gasteiger partial charge is 0.254 e. The average molecular weight is 571 g/mol. The first kappa shape index (κ1) is 29.1. The number of amides is 1. The number of benzene rings is 1. The second kappa shape index (κ2) is 9.77. The van der Waals surface area contributed by atoms with E-state index in [0.717, 1.165) is 31.4 Å². The Morgan fingerprint density at radius 2 is 1.05 bits per heavy atom. The molecule has 2 fully saturated rings.